The van der Waals surface area contributed by atoms with Crippen LogP contribution in [0.1, 0.15) is 57.8 Å². The van der Waals surface area contributed by atoms with E-state index < -0.39 is 16.9 Å². The van der Waals surface area contributed by atoms with Gasteiger partial charge in [-0.15, -0.1) is 0 Å². The normalized spacial score (nSPS) is 36.6. The number of hydrogen-bond acceptors (Lipinski definition) is 3. The first-order valence-corrected chi connectivity index (χ1v) is 11.0. The average molecular weight is 452 g/mol. The number of carbonyl (C=O) groups is 2. The van der Waals surface area contributed by atoms with E-state index in [0.29, 0.717) is 12.3 Å². The van der Waals surface area contributed by atoms with E-state index in [1.807, 2.05) is 27.7 Å². The Morgan fingerprint density at radius 2 is 1.96 bits per heavy atom. The predicted octanol–water partition coefficient (Wildman–Crippen LogP) is 3.64. The molecule has 0 aromatic carbocycles. The molecule has 2 N–H and O–H groups in total. The fraction of sp³-hybridized carbons (Fsp3) is 0.762. The summed E-state index contributed by atoms with van der Waals surface area (Å²) in [6, 6.07) is 0.0613. The zero-order chi connectivity index (χ0) is 20.6. The van der Waals surface area contributed by atoms with Crippen molar-refractivity contribution in [2.45, 2.75) is 71.9 Å². The standard InChI is InChI=1S/C21H30BrN3O3/c1-10-15-7-13-6-14(9-21(10,8-13)19(27)28)17(15)23-18(26)20(4,5)25-12(3)16(22)11(2)24-25/h10,13-15,17H,6-9H2,1-5H3,(H,23,26)(H,27,28). The van der Waals surface area contributed by atoms with Gasteiger partial charge in [-0.05, 0) is 93.0 Å². The molecule has 1 amide bonds. The number of carboxylic acids is 1. The van der Waals surface area contributed by atoms with Crippen LogP contribution in [0.4, 0.5) is 0 Å². The summed E-state index contributed by atoms with van der Waals surface area (Å²) in [5.74, 6) is 0.404. The molecule has 0 aliphatic heterocycles. The maximum atomic E-state index is 13.3. The highest BCUT2D eigenvalue weighted by Crippen LogP contribution is 2.62. The van der Waals surface area contributed by atoms with Crippen molar-refractivity contribution in [1.29, 1.82) is 0 Å². The monoisotopic (exact) mass is 451 g/mol. The second kappa shape index (κ2) is 6.31. The SMILES string of the molecule is Cc1nn(C(C)(C)C(=O)NC2C3CC4CC2C(C)C(C(=O)O)(C4)C3)c(C)c1Br. The number of nitrogens with zero attached hydrogens (tertiary/aromatic N) is 2. The molecule has 5 rings (SSSR count). The Kier molecular flexibility index (Phi) is 4.49. The Morgan fingerprint density at radius 3 is 2.54 bits per heavy atom. The van der Waals surface area contributed by atoms with Crippen LogP contribution in [0.2, 0.25) is 0 Å². The zero-order valence-corrected chi connectivity index (χ0v) is 18.8. The molecule has 4 saturated carbocycles. The van der Waals surface area contributed by atoms with Gasteiger partial charge in [0.25, 0.3) is 0 Å². The van der Waals surface area contributed by atoms with Crippen LogP contribution in [-0.4, -0.2) is 32.8 Å². The third-order valence-corrected chi connectivity index (χ3v) is 9.16. The Morgan fingerprint density at radius 1 is 1.29 bits per heavy atom. The fourth-order valence-electron chi connectivity index (χ4n) is 6.48. The second-order valence-electron chi connectivity index (χ2n) is 9.87. The van der Waals surface area contributed by atoms with Crippen LogP contribution in [0.3, 0.4) is 0 Å². The molecule has 4 fully saturated rings. The number of aliphatic carboxylic acids is 1. The van der Waals surface area contributed by atoms with E-state index in [2.05, 4.69) is 33.3 Å². The van der Waals surface area contributed by atoms with E-state index in [9.17, 15) is 14.7 Å². The number of hydrogen-bond donors (Lipinski definition) is 2. The Hall–Kier alpha value is -1.37. The molecule has 4 bridgehead atoms. The minimum atomic E-state index is -0.816. The number of amides is 1. The third kappa shape index (κ3) is 2.61. The molecule has 154 valence electrons. The molecule has 0 saturated heterocycles. The number of carbonyl (C=O) groups excluding carboxylic acids is 1. The van der Waals surface area contributed by atoms with E-state index in [1.165, 1.54) is 0 Å². The molecule has 0 radical (unpaired) electrons. The van der Waals surface area contributed by atoms with Crippen molar-refractivity contribution in [3.63, 3.8) is 0 Å². The number of nitrogens with one attached hydrogen (secondary N) is 1. The largest absolute Gasteiger partial charge is 0.481 e. The zero-order valence-electron chi connectivity index (χ0n) is 17.3. The summed E-state index contributed by atoms with van der Waals surface area (Å²) in [7, 11) is 0. The highest BCUT2D eigenvalue weighted by Gasteiger charge is 2.63. The number of carboxylic acid groups (broad SMARTS) is 1. The van der Waals surface area contributed by atoms with Crippen LogP contribution < -0.4 is 5.32 Å². The van der Waals surface area contributed by atoms with E-state index in [0.717, 1.165) is 35.1 Å². The van der Waals surface area contributed by atoms with Gasteiger partial charge in [-0.3, -0.25) is 14.3 Å². The van der Waals surface area contributed by atoms with Crippen molar-refractivity contribution in [2.24, 2.45) is 29.1 Å². The summed E-state index contributed by atoms with van der Waals surface area (Å²) in [6.07, 6.45) is 3.56. The van der Waals surface area contributed by atoms with Gasteiger partial charge in [0.1, 0.15) is 5.54 Å². The van der Waals surface area contributed by atoms with E-state index >= 15 is 0 Å². The van der Waals surface area contributed by atoms with Gasteiger partial charge in [0.15, 0.2) is 0 Å². The van der Waals surface area contributed by atoms with Crippen molar-refractivity contribution in [1.82, 2.24) is 15.1 Å². The van der Waals surface area contributed by atoms with E-state index in [4.69, 9.17) is 0 Å². The van der Waals surface area contributed by atoms with Gasteiger partial charge >= 0.3 is 5.97 Å². The summed E-state index contributed by atoms with van der Waals surface area (Å²) in [4.78, 5) is 25.5. The summed E-state index contributed by atoms with van der Waals surface area (Å²) in [5, 5.41) is 17.9. The van der Waals surface area contributed by atoms with Gasteiger partial charge in [0, 0.05) is 6.04 Å². The van der Waals surface area contributed by atoms with Crippen LogP contribution in [-0.2, 0) is 15.1 Å². The lowest BCUT2D eigenvalue weighted by Gasteiger charge is -2.62. The molecule has 4 aliphatic carbocycles. The Balaban J connectivity index is 1.59. The molecular formula is C21H30BrN3O3. The predicted molar refractivity (Wildman–Crippen MR) is 109 cm³/mol. The average Bonchev–Trinajstić information content (AvgIpc) is 2.89. The highest BCUT2D eigenvalue weighted by atomic mass is 79.9. The molecule has 6 nitrogen and oxygen atoms in total. The number of aryl methyl sites for hydroxylation is 1. The van der Waals surface area contributed by atoms with Crippen LogP contribution in [0.25, 0.3) is 0 Å². The molecule has 7 heteroatoms. The summed E-state index contributed by atoms with van der Waals surface area (Å²) in [6.45, 7) is 9.75. The molecule has 28 heavy (non-hydrogen) atoms. The maximum absolute atomic E-state index is 13.3. The molecular weight excluding hydrogens is 422 g/mol. The lowest BCUT2D eigenvalue weighted by atomic mass is 9.44. The quantitative estimate of drug-likeness (QED) is 0.731. The van der Waals surface area contributed by atoms with Crippen LogP contribution in [0.15, 0.2) is 4.47 Å². The molecule has 6 atom stereocenters. The van der Waals surface area contributed by atoms with Crippen molar-refractivity contribution in [3.05, 3.63) is 15.9 Å². The van der Waals surface area contributed by atoms with Crippen LogP contribution in [0, 0.1) is 42.9 Å². The van der Waals surface area contributed by atoms with Crippen molar-refractivity contribution in [2.75, 3.05) is 0 Å². The van der Waals surface area contributed by atoms with Crippen LogP contribution in [0.5, 0.6) is 0 Å². The second-order valence-corrected chi connectivity index (χ2v) is 10.7. The van der Waals surface area contributed by atoms with E-state index in [1.54, 1.807) is 4.68 Å². The topological polar surface area (TPSA) is 84.2 Å². The Labute approximate surface area is 174 Å². The molecule has 1 aromatic rings. The molecule has 1 aromatic heterocycles. The number of aromatic nitrogens is 2. The first-order chi connectivity index (χ1) is 13.0. The first-order valence-electron chi connectivity index (χ1n) is 10.3. The van der Waals surface area contributed by atoms with Gasteiger partial charge < -0.3 is 10.4 Å². The lowest BCUT2D eigenvalue weighted by Crippen LogP contribution is -2.66. The smallest absolute Gasteiger partial charge is 0.309 e. The van der Waals surface area contributed by atoms with Gasteiger partial charge in [-0.1, -0.05) is 6.92 Å². The Bertz CT molecular complexity index is 848. The number of rotatable bonds is 4. The van der Waals surface area contributed by atoms with E-state index in [-0.39, 0.29) is 29.7 Å². The van der Waals surface area contributed by atoms with Crippen molar-refractivity contribution < 1.29 is 14.7 Å². The lowest BCUT2D eigenvalue weighted by molar-refractivity contribution is -0.180. The molecule has 0 spiro atoms. The fourth-order valence-corrected chi connectivity index (χ4v) is 6.73. The van der Waals surface area contributed by atoms with Gasteiger partial charge in [0.05, 0.1) is 21.3 Å². The maximum Gasteiger partial charge on any atom is 0.309 e. The molecule has 1 heterocycles. The minimum Gasteiger partial charge on any atom is -0.481 e. The molecule has 4 aliphatic rings. The third-order valence-electron chi connectivity index (χ3n) is 8.02. The minimum absolute atomic E-state index is 0.0420. The van der Waals surface area contributed by atoms with Gasteiger partial charge in [-0.2, -0.15) is 5.10 Å². The van der Waals surface area contributed by atoms with Crippen LogP contribution >= 0.6 is 15.9 Å². The summed E-state index contributed by atoms with van der Waals surface area (Å²) in [5.41, 5.74) is 0.391. The summed E-state index contributed by atoms with van der Waals surface area (Å²) < 4.78 is 2.72. The highest BCUT2D eigenvalue weighted by molar-refractivity contribution is 9.10. The van der Waals surface area contributed by atoms with Gasteiger partial charge in [0.2, 0.25) is 5.91 Å². The summed E-state index contributed by atoms with van der Waals surface area (Å²) >= 11 is 3.55. The van der Waals surface area contributed by atoms with Crippen molar-refractivity contribution >= 4 is 27.8 Å². The first kappa shape index (κ1) is 19.9. The van der Waals surface area contributed by atoms with Gasteiger partial charge in [-0.25, -0.2) is 0 Å². The number of halogens is 1. The van der Waals surface area contributed by atoms with Crippen molar-refractivity contribution in [3.8, 4) is 0 Å². The molecule has 6 unspecified atom stereocenters.